The summed E-state index contributed by atoms with van der Waals surface area (Å²) in [5.41, 5.74) is 2.77. The summed E-state index contributed by atoms with van der Waals surface area (Å²) in [6.07, 6.45) is 6.99. The van der Waals surface area contributed by atoms with Gasteiger partial charge >= 0.3 is 0 Å². The topological polar surface area (TPSA) is 42.4 Å². The van der Waals surface area contributed by atoms with Crippen LogP contribution in [0.25, 0.3) is 11.1 Å². The molecular formula is C20H24N2O2. The highest BCUT2D eigenvalue weighted by atomic mass is 16.5. The molecule has 1 saturated carbocycles. The number of hydrogen-bond donors (Lipinski definition) is 0. The van der Waals surface area contributed by atoms with Gasteiger partial charge in [0.1, 0.15) is 5.75 Å². The molecule has 126 valence electrons. The average molecular weight is 324 g/mol. The van der Waals surface area contributed by atoms with Gasteiger partial charge in [0, 0.05) is 30.4 Å². The maximum atomic E-state index is 12.7. The van der Waals surface area contributed by atoms with Gasteiger partial charge in [-0.25, -0.2) is 0 Å². The minimum absolute atomic E-state index is 0.138. The van der Waals surface area contributed by atoms with E-state index in [-0.39, 0.29) is 5.91 Å². The molecule has 0 spiro atoms. The summed E-state index contributed by atoms with van der Waals surface area (Å²) >= 11 is 0. The van der Waals surface area contributed by atoms with E-state index in [0.29, 0.717) is 5.92 Å². The minimum atomic E-state index is 0.138. The van der Waals surface area contributed by atoms with Crippen LogP contribution in [0, 0.1) is 5.92 Å². The Morgan fingerprint density at radius 2 is 1.96 bits per heavy atom. The average Bonchev–Trinajstić information content (AvgIpc) is 3.45. The fraction of sp³-hybridized carbons (Fsp3) is 0.400. The second-order valence-electron chi connectivity index (χ2n) is 6.39. The molecule has 1 fully saturated rings. The lowest BCUT2D eigenvalue weighted by Gasteiger charge is -2.22. The fourth-order valence-electron chi connectivity index (χ4n) is 2.83. The highest BCUT2D eigenvalue weighted by Gasteiger charge is 2.26. The molecule has 1 aliphatic carbocycles. The van der Waals surface area contributed by atoms with Crippen molar-refractivity contribution in [3.05, 3.63) is 48.3 Å². The SMILES string of the molecule is CCCN(CC1CC1)C(=O)c1ccc(-c2cncc(OC)c2)cc1. The largest absolute Gasteiger partial charge is 0.495 e. The van der Waals surface area contributed by atoms with Gasteiger partial charge in [0.15, 0.2) is 0 Å². The summed E-state index contributed by atoms with van der Waals surface area (Å²) < 4.78 is 5.22. The van der Waals surface area contributed by atoms with Crippen LogP contribution in [-0.4, -0.2) is 36.0 Å². The summed E-state index contributed by atoms with van der Waals surface area (Å²) in [7, 11) is 1.63. The molecule has 0 atom stereocenters. The Labute approximate surface area is 143 Å². The summed E-state index contributed by atoms with van der Waals surface area (Å²) in [4.78, 5) is 18.9. The molecule has 4 heteroatoms. The van der Waals surface area contributed by atoms with Crippen molar-refractivity contribution in [2.75, 3.05) is 20.2 Å². The monoisotopic (exact) mass is 324 g/mol. The third kappa shape index (κ3) is 3.94. The predicted octanol–water partition coefficient (Wildman–Crippen LogP) is 4.02. The molecule has 2 aromatic rings. The van der Waals surface area contributed by atoms with Crippen LogP contribution >= 0.6 is 0 Å². The van der Waals surface area contributed by atoms with Crippen molar-refractivity contribution in [1.29, 1.82) is 0 Å². The first-order valence-electron chi connectivity index (χ1n) is 8.60. The van der Waals surface area contributed by atoms with Crippen molar-refractivity contribution in [3.63, 3.8) is 0 Å². The smallest absolute Gasteiger partial charge is 0.253 e. The number of methoxy groups -OCH3 is 1. The predicted molar refractivity (Wildman–Crippen MR) is 95.1 cm³/mol. The van der Waals surface area contributed by atoms with E-state index in [0.717, 1.165) is 42.0 Å². The van der Waals surface area contributed by atoms with Gasteiger partial charge in [-0.05, 0) is 48.9 Å². The second kappa shape index (κ2) is 7.47. The summed E-state index contributed by atoms with van der Waals surface area (Å²) in [5.74, 6) is 1.58. The van der Waals surface area contributed by atoms with Crippen LogP contribution in [0.5, 0.6) is 5.75 Å². The second-order valence-corrected chi connectivity index (χ2v) is 6.39. The third-order valence-corrected chi connectivity index (χ3v) is 4.37. The van der Waals surface area contributed by atoms with Crippen LogP contribution in [-0.2, 0) is 0 Å². The molecule has 1 aromatic carbocycles. The van der Waals surface area contributed by atoms with Gasteiger partial charge in [-0.3, -0.25) is 9.78 Å². The van der Waals surface area contributed by atoms with E-state index in [4.69, 9.17) is 4.74 Å². The Morgan fingerprint density at radius 3 is 2.58 bits per heavy atom. The van der Waals surface area contributed by atoms with Crippen molar-refractivity contribution in [2.24, 2.45) is 5.92 Å². The Bertz CT molecular complexity index is 693. The van der Waals surface area contributed by atoms with Crippen molar-refractivity contribution >= 4 is 5.91 Å². The van der Waals surface area contributed by atoms with E-state index in [1.54, 1.807) is 19.5 Å². The molecule has 1 aromatic heterocycles. The molecule has 1 aliphatic rings. The number of carbonyl (C=O) groups is 1. The standard InChI is InChI=1S/C20H24N2O2/c1-3-10-22(14-15-4-5-15)20(23)17-8-6-16(7-9-17)18-11-19(24-2)13-21-12-18/h6-9,11-13,15H,3-5,10,14H2,1-2H3. The van der Waals surface area contributed by atoms with E-state index in [1.807, 2.05) is 35.2 Å². The number of aromatic nitrogens is 1. The summed E-state index contributed by atoms with van der Waals surface area (Å²) in [5, 5.41) is 0. The highest BCUT2D eigenvalue weighted by Crippen LogP contribution is 2.30. The highest BCUT2D eigenvalue weighted by molar-refractivity contribution is 5.94. The number of ether oxygens (including phenoxy) is 1. The lowest BCUT2D eigenvalue weighted by Crippen LogP contribution is -2.33. The molecule has 1 heterocycles. The molecule has 0 unspecified atom stereocenters. The molecule has 0 bridgehead atoms. The molecule has 0 aliphatic heterocycles. The number of pyridine rings is 1. The maximum Gasteiger partial charge on any atom is 0.253 e. The van der Waals surface area contributed by atoms with Crippen LogP contribution in [0.15, 0.2) is 42.7 Å². The minimum Gasteiger partial charge on any atom is -0.495 e. The number of nitrogens with zero attached hydrogens (tertiary/aromatic N) is 2. The molecular weight excluding hydrogens is 300 g/mol. The molecule has 4 nitrogen and oxygen atoms in total. The molecule has 3 rings (SSSR count). The van der Waals surface area contributed by atoms with Crippen LogP contribution < -0.4 is 4.74 Å². The number of amides is 1. The summed E-state index contributed by atoms with van der Waals surface area (Å²) in [6.45, 7) is 3.84. The van der Waals surface area contributed by atoms with E-state index >= 15 is 0 Å². The first-order valence-corrected chi connectivity index (χ1v) is 8.60. The Kier molecular flexibility index (Phi) is 5.14. The van der Waals surface area contributed by atoms with Crippen LogP contribution in [0.3, 0.4) is 0 Å². The zero-order chi connectivity index (χ0) is 16.9. The van der Waals surface area contributed by atoms with Crippen molar-refractivity contribution in [1.82, 2.24) is 9.88 Å². The first-order chi connectivity index (χ1) is 11.7. The normalized spacial score (nSPS) is 13.6. The third-order valence-electron chi connectivity index (χ3n) is 4.37. The molecule has 24 heavy (non-hydrogen) atoms. The molecule has 0 saturated heterocycles. The van der Waals surface area contributed by atoms with E-state index in [2.05, 4.69) is 11.9 Å². The van der Waals surface area contributed by atoms with E-state index in [1.165, 1.54) is 12.8 Å². The van der Waals surface area contributed by atoms with Crippen molar-refractivity contribution in [2.45, 2.75) is 26.2 Å². The van der Waals surface area contributed by atoms with E-state index < -0.39 is 0 Å². The molecule has 0 radical (unpaired) electrons. The van der Waals surface area contributed by atoms with Gasteiger partial charge in [0.2, 0.25) is 0 Å². The quantitative estimate of drug-likeness (QED) is 0.772. The zero-order valence-electron chi connectivity index (χ0n) is 14.4. The number of hydrogen-bond acceptors (Lipinski definition) is 3. The fourth-order valence-corrected chi connectivity index (χ4v) is 2.83. The number of benzene rings is 1. The van der Waals surface area contributed by atoms with Crippen LogP contribution in [0.4, 0.5) is 0 Å². The van der Waals surface area contributed by atoms with Gasteiger partial charge in [-0.2, -0.15) is 0 Å². The Balaban J connectivity index is 1.75. The van der Waals surface area contributed by atoms with Crippen molar-refractivity contribution in [3.8, 4) is 16.9 Å². The van der Waals surface area contributed by atoms with Crippen LogP contribution in [0.2, 0.25) is 0 Å². The zero-order valence-corrected chi connectivity index (χ0v) is 14.4. The summed E-state index contributed by atoms with van der Waals surface area (Å²) in [6, 6.07) is 9.72. The van der Waals surface area contributed by atoms with E-state index in [9.17, 15) is 4.79 Å². The van der Waals surface area contributed by atoms with Gasteiger partial charge in [-0.1, -0.05) is 19.1 Å². The van der Waals surface area contributed by atoms with Gasteiger partial charge in [-0.15, -0.1) is 0 Å². The van der Waals surface area contributed by atoms with Gasteiger partial charge < -0.3 is 9.64 Å². The first kappa shape index (κ1) is 16.5. The van der Waals surface area contributed by atoms with Gasteiger partial charge in [0.25, 0.3) is 5.91 Å². The lowest BCUT2D eigenvalue weighted by molar-refractivity contribution is 0.0748. The van der Waals surface area contributed by atoms with Gasteiger partial charge in [0.05, 0.1) is 13.3 Å². The van der Waals surface area contributed by atoms with Crippen molar-refractivity contribution < 1.29 is 9.53 Å². The Morgan fingerprint density at radius 1 is 1.21 bits per heavy atom. The molecule has 0 N–H and O–H groups in total. The Hall–Kier alpha value is -2.36. The van der Waals surface area contributed by atoms with Crippen LogP contribution in [0.1, 0.15) is 36.5 Å². The molecule has 1 amide bonds. The maximum absolute atomic E-state index is 12.7. The number of rotatable bonds is 7. The lowest BCUT2D eigenvalue weighted by atomic mass is 10.0. The number of carbonyl (C=O) groups excluding carboxylic acids is 1.